The third kappa shape index (κ3) is 4.09. The van der Waals surface area contributed by atoms with Crippen LogP contribution in [0, 0.1) is 18.8 Å². The number of benzene rings is 1. The van der Waals surface area contributed by atoms with Gasteiger partial charge >= 0.3 is 0 Å². The number of aliphatic hydroxyl groups is 1. The summed E-state index contributed by atoms with van der Waals surface area (Å²) in [5.41, 5.74) is 1.39. The van der Waals surface area contributed by atoms with E-state index in [4.69, 9.17) is 16.7 Å². The van der Waals surface area contributed by atoms with Crippen LogP contribution in [0.25, 0.3) is 0 Å². The van der Waals surface area contributed by atoms with Crippen molar-refractivity contribution in [2.45, 2.75) is 53.5 Å². The Balaban J connectivity index is 1.70. The lowest BCUT2D eigenvalue weighted by Crippen LogP contribution is -2.53. The Kier molecular flexibility index (Phi) is 7.34. The van der Waals surface area contributed by atoms with E-state index < -0.39 is 22.6 Å². The molecule has 0 aromatic heterocycles. The van der Waals surface area contributed by atoms with Crippen molar-refractivity contribution in [1.29, 1.82) is 0 Å². The van der Waals surface area contributed by atoms with Crippen molar-refractivity contribution in [3.8, 4) is 0 Å². The van der Waals surface area contributed by atoms with E-state index in [0.717, 1.165) is 12.0 Å². The van der Waals surface area contributed by atoms with Crippen LogP contribution in [0.5, 0.6) is 0 Å². The van der Waals surface area contributed by atoms with Crippen molar-refractivity contribution in [3.05, 3.63) is 28.8 Å². The monoisotopic (exact) mass is 557 g/mol. The van der Waals surface area contributed by atoms with Gasteiger partial charge in [-0.15, -0.1) is 11.8 Å². The van der Waals surface area contributed by atoms with Crippen LogP contribution >= 0.6 is 39.3 Å². The molecule has 1 aromatic carbocycles. The second-order valence-electron chi connectivity index (χ2n) is 9.01. The number of carbonyl (C=O) groups is 3. The molecule has 0 saturated carbocycles. The summed E-state index contributed by atoms with van der Waals surface area (Å²) in [5.74, 6) is -1.57. The number of unbranched alkanes of at least 4 members (excludes halogenated alkanes) is 2. The van der Waals surface area contributed by atoms with Crippen LogP contribution in [0.1, 0.15) is 31.2 Å². The van der Waals surface area contributed by atoms with Gasteiger partial charge in [-0.2, -0.15) is 0 Å². The number of thioether (sulfide) groups is 1. The number of aliphatic hydroxyl groups excluding tert-OH is 1. The summed E-state index contributed by atoms with van der Waals surface area (Å²) >= 11 is 11.7. The Morgan fingerprint density at radius 2 is 2.06 bits per heavy atom. The summed E-state index contributed by atoms with van der Waals surface area (Å²) in [6.45, 7) is 2.38. The number of anilines is 1. The normalized spacial score (nSPS) is 32.2. The fourth-order valence-corrected chi connectivity index (χ4v) is 9.57. The molecule has 0 radical (unpaired) electrons. The lowest BCUT2D eigenvalue weighted by Gasteiger charge is -2.35. The molecule has 3 unspecified atom stereocenters. The van der Waals surface area contributed by atoms with Crippen molar-refractivity contribution >= 4 is 62.7 Å². The molecule has 3 aliphatic heterocycles. The number of aryl methyl sites for hydroxylation is 1. The molecular weight excluding hydrogens is 530 g/mol. The largest absolute Gasteiger partial charge is 0.396 e. The van der Waals surface area contributed by atoms with Gasteiger partial charge in [0.1, 0.15) is 6.04 Å². The molecule has 3 fully saturated rings. The molecule has 2 bridgehead atoms. The van der Waals surface area contributed by atoms with Crippen molar-refractivity contribution < 1.29 is 19.5 Å². The molecule has 7 nitrogen and oxygen atoms in total. The number of nitrogens with zero attached hydrogens (tertiary/aromatic N) is 1. The molecule has 33 heavy (non-hydrogen) atoms. The zero-order valence-corrected chi connectivity index (χ0v) is 21.8. The first-order valence-electron chi connectivity index (χ1n) is 11.3. The van der Waals surface area contributed by atoms with Gasteiger partial charge < -0.3 is 20.6 Å². The van der Waals surface area contributed by atoms with Gasteiger partial charge in [0.2, 0.25) is 17.7 Å². The van der Waals surface area contributed by atoms with Gasteiger partial charge in [-0.1, -0.05) is 39.7 Å². The van der Waals surface area contributed by atoms with Gasteiger partial charge in [-0.3, -0.25) is 14.4 Å². The second kappa shape index (κ2) is 9.76. The molecular formula is C23H29BrClN3O4S. The number of carbonyl (C=O) groups excluding carboxylic acids is 3. The lowest BCUT2D eigenvalue weighted by atomic mass is 9.70. The van der Waals surface area contributed by atoms with Crippen LogP contribution in [0.3, 0.4) is 0 Å². The fraction of sp³-hybridized carbons (Fsp3) is 0.609. The lowest BCUT2D eigenvalue weighted by molar-refractivity contribution is -0.139. The standard InChI is InChI=1S/C23H29BrClN3O4S/c1-12-7-6-8-14(25)17(12)27-21(31)19-23-11-13(24)18(33-23)15(20(30)26-2)16(23)22(32)28(19)9-4-3-5-10-29/h6-8,13,15-16,18-19,29H,3-5,9-11H2,1-2H3,(H,26,30)(H,27,31)/t13?,15-,16+,18-,19?,23?/m1/s1. The maximum Gasteiger partial charge on any atom is 0.248 e. The minimum absolute atomic E-state index is 0.0422. The smallest absolute Gasteiger partial charge is 0.248 e. The summed E-state index contributed by atoms with van der Waals surface area (Å²) in [5, 5.41) is 15.2. The summed E-state index contributed by atoms with van der Waals surface area (Å²) in [6.07, 6.45) is 2.72. The molecule has 4 rings (SSSR count). The number of halogens is 2. The predicted molar refractivity (Wildman–Crippen MR) is 134 cm³/mol. The van der Waals surface area contributed by atoms with Crippen LogP contribution in [0.15, 0.2) is 18.2 Å². The molecule has 3 heterocycles. The number of nitrogens with one attached hydrogen (secondary N) is 2. The molecule has 10 heteroatoms. The van der Waals surface area contributed by atoms with Crippen LogP contribution in [-0.2, 0) is 14.4 Å². The predicted octanol–water partition coefficient (Wildman–Crippen LogP) is 2.96. The van der Waals surface area contributed by atoms with Gasteiger partial charge in [0, 0.05) is 30.3 Å². The highest BCUT2D eigenvalue weighted by atomic mass is 79.9. The SMILES string of the molecule is CNC(=O)[C@H]1[C@@H]2SC3(CC2Br)C(C(=O)Nc2c(C)cccc2Cl)N(CCCCCO)C(=O)[C@H]13. The zero-order valence-electron chi connectivity index (χ0n) is 18.6. The number of alkyl halides is 1. The maximum absolute atomic E-state index is 13.8. The number of para-hydroxylation sites is 1. The van der Waals surface area contributed by atoms with E-state index in [1.807, 2.05) is 19.1 Å². The molecule has 1 aromatic rings. The van der Waals surface area contributed by atoms with E-state index >= 15 is 0 Å². The van der Waals surface area contributed by atoms with E-state index in [0.29, 0.717) is 36.5 Å². The highest BCUT2D eigenvalue weighted by Gasteiger charge is 2.75. The molecule has 3 amide bonds. The highest BCUT2D eigenvalue weighted by Crippen LogP contribution is 2.67. The average Bonchev–Trinajstić information content (AvgIpc) is 3.37. The number of hydrogen-bond donors (Lipinski definition) is 3. The Hall–Kier alpha value is -1.29. The minimum Gasteiger partial charge on any atom is -0.396 e. The van der Waals surface area contributed by atoms with Gasteiger partial charge in [0.05, 0.1) is 27.3 Å². The molecule has 3 N–H and O–H groups in total. The molecule has 3 aliphatic rings. The molecule has 6 atom stereocenters. The number of hydrogen-bond acceptors (Lipinski definition) is 5. The summed E-state index contributed by atoms with van der Waals surface area (Å²) in [7, 11) is 1.59. The van der Waals surface area contributed by atoms with Gasteiger partial charge in [-0.25, -0.2) is 0 Å². The Morgan fingerprint density at radius 1 is 1.30 bits per heavy atom. The first-order chi connectivity index (χ1) is 15.8. The number of likely N-dealkylation sites (tertiary alicyclic amines) is 1. The van der Waals surface area contributed by atoms with Gasteiger partial charge in [-0.05, 0) is 44.2 Å². The quantitative estimate of drug-likeness (QED) is 0.337. The first kappa shape index (κ1) is 24.8. The van der Waals surface area contributed by atoms with Crippen molar-refractivity contribution in [1.82, 2.24) is 10.2 Å². The van der Waals surface area contributed by atoms with E-state index in [1.54, 1.807) is 29.8 Å². The van der Waals surface area contributed by atoms with E-state index in [2.05, 4.69) is 26.6 Å². The first-order valence-corrected chi connectivity index (χ1v) is 13.4. The van der Waals surface area contributed by atoms with Crippen LogP contribution < -0.4 is 10.6 Å². The summed E-state index contributed by atoms with van der Waals surface area (Å²) < 4.78 is -0.677. The van der Waals surface area contributed by atoms with Crippen molar-refractivity contribution in [2.24, 2.45) is 11.8 Å². The molecule has 3 saturated heterocycles. The van der Waals surface area contributed by atoms with Gasteiger partial charge in [0.15, 0.2) is 0 Å². The molecule has 1 spiro atoms. The van der Waals surface area contributed by atoms with Gasteiger partial charge in [0.25, 0.3) is 0 Å². The molecule has 0 aliphatic carbocycles. The Morgan fingerprint density at radius 3 is 2.73 bits per heavy atom. The summed E-state index contributed by atoms with van der Waals surface area (Å²) in [4.78, 5) is 42.1. The van der Waals surface area contributed by atoms with Crippen molar-refractivity contribution in [3.63, 3.8) is 0 Å². The van der Waals surface area contributed by atoms with E-state index in [1.165, 1.54) is 0 Å². The van der Waals surface area contributed by atoms with E-state index in [-0.39, 0.29) is 34.4 Å². The van der Waals surface area contributed by atoms with Crippen LogP contribution in [0.4, 0.5) is 5.69 Å². The number of rotatable bonds is 8. The summed E-state index contributed by atoms with van der Waals surface area (Å²) in [6, 6.07) is 4.72. The topological polar surface area (TPSA) is 98.7 Å². The second-order valence-corrected chi connectivity index (χ2v) is 12.1. The minimum atomic E-state index is -0.704. The Bertz CT molecular complexity index is 945. The zero-order chi connectivity index (χ0) is 23.9. The third-order valence-corrected chi connectivity index (χ3v) is 10.6. The third-order valence-electron chi connectivity index (χ3n) is 7.11. The highest BCUT2D eigenvalue weighted by molar-refractivity contribution is 9.09. The van der Waals surface area contributed by atoms with Crippen LogP contribution in [0.2, 0.25) is 5.02 Å². The Labute approximate surface area is 211 Å². The number of fused-ring (bicyclic) bond motifs is 1. The van der Waals surface area contributed by atoms with Crippen LogP contribution in [-0.4, -0.2) is 68.8 Å². The average molecular weight is 559 g/mol. The van der Waals surface area contributed by atoms with E-state index in [9.17, 15) is 14.4 Å². The maximum atomic E-state index is 13.8. The molecule has 180 valence electrons. The fourth-order valence-electron chi connectivity index (χ4n) is 5.69. The number of amides is 3. The van der Waals surface area contributed by atoms with Crippen molar-refractivity contribution in [2.75, 3.05) is 25.5 Å².